The summed E-state index contributed by atoms with van der Waals surface area (Å²) in [5.74, 6) is -0.227. The molecule has 0 fully saturated rings. The minimum Gasteiger partial charge on any atom is -0.324 e. The van der Waals surface area contributed by atoms with Gasteiger partial charge in [-0.05, 0) is 29.1 Å². The molecule has 2 aromatic carbocycles. The van der Waals surface area contributed by atoms with Gasteiger partial charge in [-0.1, -0.05) is 36.4 Å². The first-order chi connectivity index (χ1) is 10.2. The van der Waals surface area contributed by atoms with Gasteiger partial charge in [-0.2, -0.15) is 0 Å². The molecule has 1 atom stereocenters. The van der Waals surface area contributed by atoms with Gasteiger partial charge in [0, 0.05) is 23.5 Å². The molecule has 4 nitrogen and oxygen atoms in total. The third kappa shape index (κ3) is 4.42. The summed E-state index contributed by atoms with van der Waals surface area (Å²) in [5, 5.41) is 4.90. The fourth-order valence-electron chi connectivity index (χ4n) is 2.19. The number of carbonyl (C=O) groups is 1. The van der Waals surface area contributed by atoms with Crippen molar-refractivity contribution in [3.8, 4) is 0 Å². The van der Waals surface area contributed by atoms with Crippen molar-refractivity contribution in [1.82, 2.24) is 4.98 Å². The maximum Gasteiger partial charge on any atom is 0.245 e. The van der Waals surface area contributed by atoms with Crippen molar-refractivity contribution < 1.29 is 4.79 Å². The van der Waals surface area contributed by atoms with Crippen LogP contribution in [0.4, 0.5) is 5.69 Å². The molecule has 0 aliphatic heterocycles. The Hall–Kier alpha value is -2.14. The van der Waals surface area contributed by atoms with Gasteiger partial charge in [-0.15, -0.1) is 24.8 Å². The molecule has 1 heterocycles. The molecule has 0 saturated heterocycles. The average molecular weight is 350 g/mol. The number of halogens is 2. The van der Waals surface area contributed by atoms with Gasteiger partial charge in [0.1, 0.15) is 6.04 Å². The molecular formula is C17H17Cl2N3O. The van der Waals surface area contributed by atoms with Crippen LogP contribution in [0.2, 0.25) is 0 Å². The molecule has 1 amide bonds. The molecule has 0 saturated carbocycles. The number of anilines is 1. The van der Waals surface area contributed by atoms with E-state index >= 15 is 0 Å². The van der Waals surface area contributed by atoms with Crippen LogP contribution in [0.25, 0.3) is 10.8 Å². The number of fused-ring (bicyclic) bond motifs is 1. The smallest absolute Gasteiger partial charge is 0.245 e. The van der Waals surface area contributed by atoms with Crippen LogP contribution >= 0.6 is 24.8 Å². The second kappa shape index (κ2) is 8.48. The van der Waals surface area contributed by atoms with Crippen molar-refractivity contribution in [3.63, 3.8) is 0 Å². The molecule has 6 heteroatoms. The number of hydrogen-bond acceptors (Lipinski definition) is 3. The SMILES string of the molecule is Cl.Cl.N[C@@H](C(=O)Nc1ccc2cnccc2c1)c1ccccc1. The summed E-state index contributed by atoms with van der Waals surface area (Å²) in [7, 11) is 0. The van der Waals surface area contributed by atoms with Crippen LogP contribution in [0, 0.1) is 0 Å². The highest BCUT2D eigenvalue weighted by atomic mass is 35.5. The maximum absolute atomic E-state index is 12.2. The van der Waals surface area contributed by atoms with Crippen LogP contribution < -0.4 is 11.1 Å². The van der Waals surface area contributed by atoms with E-state index in [9.17, 15) is 4.79 Å². The Morgan fingerprint density at radius 3 is 2.48 bits per heavy atom. The zero-order valence-corrected chi connectivity index (χ0v) is 13.8. The first kappa shape index (κ1) is 18.9. The van der Waals surface area contributed by atoms with Crippen molar-refractivity contribution in [2.45, 2.75) is 6.04 Å². The first-order valence-electron chi connectivity index (χ1n) is 6.69. The molecule has 0 bridgehead atoms. The minimum atomic E-state index is -0.681. The van der Waals surface area contributed by atoms with E-state index in [1.807, 2.05) is 54.6 Å². The number of pyridine rings is 1. The first-order valence-corrected chi connectivity index (χ1v) is 6.69. The number of nitrogens with two attached hydrogens (primary N) is 1. The molecule has 0 aliphatic rings. The highest BCUT2D eigenvalue weighted by molar-refractivity contribution is 5.97. The second-order valence-electron chi connectivity index (χ2n) is 4.82. The van der Waals surface area contributed by atoms with E-state index in [0.29, 0.717) is 0 Å². The fraction of sp³-hybridized carbons (Fsp3) is 0.0588. The summed E-state index contributed by atoms with van der Waals surface area (Å²) in [4.78, 5) is 16.3. The van der Waals surface area contributed by atoms with E-state index in [1.165, 1.54) is 0 Å². The van der Waals surface area contributed by atoms with Gasteiger partial charge in [-0.25, -0.2) is 0 Å². The van der Waals surface area contributed by atoms with Crippen LogP contribution in [0.5, 0.6) is 0 Å². The Morgan fingerprint density at radius 2 is 1.74 bits per heavy atom. The minimum absolute atomic E-state index is 0. The predicted octanol–water partition coefficient (Wildman–Crippen LogP) is 3.72. The number of nitrogens with zero attached hydrogens (tertiary/aromatic N) is 1. The molecule has 0 radical (unpaired) electrons. The molecule has 0 aliphatic carbocycles. The molecule has 0 spiro atoms. The number of rotatable bonds is 3. The van der Waals surface area contributed by atoms with E-state index in [0.717, 1.165) is 22.0 Å². The highest BCUT2D eigenvalue weighted by Gasteiger charge is 2.15. The monoisotopic (exact) mass is 349 g/mol. The maximum atomic E-state index is 12.2. The van der Waals surface area contributed by atoms with E-state index in [-0.39, 0.29) is 30.7 Å². The Kier molecular flexibility index (Phi) is 6.97. The molecule has 3 N–H and O–H groups in total. The topological polar surface area (TPSA) is 68.0 Å². The van der Waals surface area contributed by atoms with Crippen LogP contribution in [0.15, 0.2) is 67.0 Å². The summed E-state index contributed by atoms with van der Waals surface area (Å²) in [6, 6.07) is 16.2. The van der Waals surface area contributed by atoms with E-state index in [1.54, 1.807) is 12.4 Å². The lowest BCUT2D eigenvalue weighted by Crippen LogP contribution is -2.27. The van der Waals surface area contributed by atoms with Gasteiger partial charge >= 0.3 is 0 Å². The fourth-order valence-corrected chi connectivity index (χ4v) is 2.19. The summed E-state index contributed by atoms with van der Waals surface area (Å²) in [6.07, 6.45) is 3.51. The van der Waals surface area contributed by atoms with Crippen LogP contribution in [-0.2, 0) is 4.79 Å². The number of hydrogen-bond donors (Lipinski definition) is 2. The third-order valence-corrected chi connectivity index (χ3v) is 3.35. The molecule has 1 aromatic heterocycles. The quantitative estimate of drug-likeness (QED) is 0.757. The number of benzene rings is 2. The number of amides is 1. The van der Waals surface area contributed by atoms with Crippen molar-refractivity contribution >= 4 is 47.2 Å². The van der Waals surface area contributed by atoms with Crippen molar-refractivity contribution in [2.75, 3.05) is 5.32 Å². The highest BCUT2D eigenvalue weighted by Crippen LogP contribution is 2.19. The van der Waals surface area contributed by atoms with Crippen molar-refractivity contribution in [3.05, 3.63) is 72.6 Å². The normalized spacial score (nSPS) is 11.0. The van der Waals surface area contributed by atoms with Crippen molar-refractivity contribution in [2.24, 2.45) is 5.73 Å². The van der Waals surface area contributed by atoms with Crippen LogP contribution in [-0.4, -0.2) is 10.9 Å². The van der Waals surface area contributed by atoms with Gasteiger partial charge in [0.2, 0.25) is 5.91 Å². The summed E-state index contributed by atoms with van der Waals surface area (Å²) in [5.41, 5.74) is 7.50. The Morgan fingerprint density at radius 1 is 1.00 bits per heavy atom. The molecule has 0 unspecified atom stereocenters. The second-order valence-corrected chi connectivity index (χ2v) is 4.82. The lowest BCUT2D eigenvalue weighted by Gasteiger charge is -2.13. The van der Waals surface area contributed by atoms with Crippen LogP contribution in [0.1, 0.15) is 11.6 Å². The van der Waals surface area contributed by atoms with Gasteiger partial charge in [0.05, 0.1) is 0 Å². The summed E-state index contributed by atoms with van der Waals surface area (Å²) >= 11 is 0. The zero-order chi connectivity index (χ0) is 14.7. The van der Waals surface area contributed by atoms with Gasteiger partial charge in [0.15, 0.2) is 0 Å². The average Bonchev–Trinajstić information content (AvgIpc) is 2.55. The number of nitrogens with one attached hydrogen (secondary N) is 1. The van der Waals surface area contributed by atoms with E-state index in [4.69, 9.17) is 5.73 Å². The Balaban J connectivity index is 0.00000132. The number of aromatic nitrogens is 1. The van der Waals surface area contributed by atoms with Gasteiger partial charge in [0.25, 0.3) is 0 Å². The molecule has 23 heavy (non-hydrogen) atoms. The zero-order valence-electron chi connectivity index (χ0n) is 12.2. The van der Waals surface area contributed by atoms with Crippen molar-refractivity contribution in [1.29, 1.82) is 0 Å². The lowest BCUT2D eigenvalue weighted by atomic mass is 10.1. The Bertz CT molecular complexity index is 781. The van der Waals surface area contributed by atoms with Gasteiger partial charge < -0.3 is 11.1 Å². The molecule has 3 rings (SSSR count). The molecule has 120 valence electrons. The van der Waals surface area contributed by atoms with Gasteiger partial charge in [-0.3, -0.25) is 9.78 Å². The standard InChI is InChI=1S/C17H15N3O.2ClH/c18-16(12-4-2-1-3-5-12)17(21)20-15-7-6-14-11-19-9-8-13(14)10-15;;/h1-11,16H,18H2,(H,20,21);2*1H/t16-;;/m1../s1. The Labute approximate surface area is 146 Å². The predicted molar refractivity (Wildman–Crippen MR) is 98.2 cm³/mol. The summed E-state index contributed by atoms with van der Waals surface area (Å²) < 4.78 is 0. The summed E-state index contributed by atoms with van der Waals surface area (Å²) in [6.45, 7) is 0. The largest absolute Gasteiger partial charge is 0.324 e. The van der Waals surface area contributed by atoms with E-state index < -0.39 is 6.04 Å². The molecule has 3 aromatic rings. The lowest BCUT2D eigenvalue weighted by molar-refractivity contribution is -0.117. The van der Waals surface area contributed by atoms with Crippen LogP contribution in [0.3, 0.4) is 0 Å². The number of carbonyl (C=O) groups excluding carboxylic acids is 1. The third-order valence-electron chi connectivity index (χ3n) is 3.35. The molecular weight excluding hydrogens is 333 g/mol. The van der Waals surface area contributed by atoms with E-state index in [2.05, 4.69) is 10.3 Å².